The lowest BCUT2D eigenvalue weighted by Crippen LogP contribution is -2.12. The van der Waals surface area contributed by atoms with Crippen LogP contribution in [-0.4, -0.2) is 27.2 Å². The van der Waals surface area contributed by atoms with Gasteiger partial charge in [-0.1, -0.05) is 6.07 Å². The highest BCUT2D eigenvalue weighted by atomic mass is 79.9. The maximum Gasteiger partial charge on any atom is 0.255 e. The van der Waals surface area contributed by atoms with Gasteiger partial charge in [0, 0.05) is 22.2 Å². The van der Waals surface area contributed by atoms with Gasteiger partial charge >= 0.3 is 0 Å². The van der Waals surface area contributed by atoms with E-state index in [0.29, 0.717) is 33.0 Å². The molecule has 0 atom stereocenters. The van der Waals surface area contributed by atoms with Crippen molar-refractivity contribution in [2.24, 2.45) is 0 Å². The Morgan fingerprint density at radius 3 is 2.17 bits per heavy atom. The smallest absolute Gasteiger partial charge is 0.255 e. The third kappa shape index (κ3) is 3.76. The van der Waals surface area contributed by atoms with Crippen molar-refractivity contribution in [3.05, 3.63) is 45.9 Å². The van der Waals surface area contributed by atoms with Crippen LogP contribution in [0.2, 0.25) is 0 Å². The van der Waals surface area contributed by atoms with Crippen LogP contribution in [0.5, 0.6) is 17.2 Å². The van der Waals surface area contributed by atoms with Crippen molar-refractivity contribution in [3.8, 4) is 17.2 Å². The molecule has 0 heterocycles. The van der Waals surface area contributed by atoms with Gasteiger partial charge in [0.15, 0.2) is 11.5 Å². The van der Waals surface area contributed by atoms with Crippen LogP contribution in [0.15, 0.2) is 34.8 Å². The minimum Gasteiger partial charge on any atom is -0.496 e. The molecule has 5 nitrogen and oxygen atoms in total. The minimum absolute atomic E-state index is 0.240. The van der Waals surface area contributed by atoms with Crippen LogP contribution >= 0.6 is 15.9 Å². The highest BCUT2D eigenvalue weighted by molar-refractivity contribution is 9.10. The van der Waals surface area contributed by atoms with E-state index in [-0.39, 0.29) is 5.91 Å². The monoisotopic (exact) mass is 379 g/mol. The first-order valence-corrected chi connectivity index (χ1v) is 7.67. The van der Waals surface area contributed by atoms with E-state index >= 15 is 0 Å². The molecule has 0 spiro atoms. The highest BCUT2D eigenvalue weighted by Gasteiger charge is 2.14. The molecule has 1 amide bonds. The van der Waals surface area contributed by atoms with Crippen LogP contribution in [0.25, 0.3) is 0 Å². The van der Waals surface area contributed by atoms with Crippen molar-refractivity contribution in [2.75, 3.05) is 26.6 Å². The number of methoxy groups -OCH3 is 3. The van der Waals surface area contributed by atoms with Crippen molar-refractivity contribution < 1.29 is 19.0 Å². The summed E-state index contributed by atoms with van der Waals surface area (Å²) >= 11 is 3.42. The number of aryl methyl sites for hydroxylation is 1. The summed E-state index contributed by atoms with van der Waals surface area (Å²) in [6, 6.07) is 8.75. The summed E-state index contributed by atoms with van der Waals surface area (Å²) in [5.74, 6) is 1.54. The number of nitrogens with one attached hydrogen (secondary N) is 1. The summed E-state index contributed by atoms with van der Waals surface area (Å²) in [7, 11) is 4.68. The minimum atomic E-state index is -0.240. The number of rotatable bonds is 5. The van der Waals surface area contributed by atoms with E-state index in [1.807, 2.05) is 13.0 Å². The van der Waals surface area contributed by atoms with Gasteiger partial charge in [-0.05, 0) is 40.5 Å². The first-order chi connectivity index (χ1) is 11.0. The van der Waals surface area contributed by atoms with E-state index in [4.69, 9.17) is 14.2 Å². The Kier molecular flexibility index (Phi) is 5.50. The molecule has 0 saturated carbocycles. The normalized spacial score (nSPS) is 10.1. The third-order valence-electron chi connectivity index (χ3n) is 3.39. The molecule has 0 fully saturated rings. The lowest BCUT2D eigenvalue weighted by molar-refractivity contribution is 0.102. The van der Waals surface area contributed by atoms with Gasteiger partial charge in [-0.3, -0.25) is 4.79 Å². The number of carbonyl (C=O) groups is 1. The molecule has 0 aliphatic heterocycles. The van der Waals surface area contributed by atoms with Gasteiger partial charge in [0.2, 0.25) is 0 Å². The van der Waals surface area contributed by atoms with Crippen molar-refractivity contribution in [2.45, 2.75) is 6.92 Å². The summed E-state index contributed by atoms with van der Waals surface area (Å²) in [5, 5.41) is 2.85. The maximum atomic E-state index is 12.4. The van der Waals surface area contributed by atoms with E-state index in [1.54, 1.807) is 45.6 Å². The fourth-order valence-electron chi connectivity index (χ4n) is 2.11. The van der Waals surface area contributed by atoms with Gasteiger partial charge in [-0.2, -0.15) is 0 Å². The zero-order valence-electron chi connectivity index (χ0n) is 13.4. The molecule has 122 valence electrons. The van der Waals surface area contributed by atoms with Crippen LogP contribution in [0, 0.1) is 6.92 Å². The van der Waals surface area contributed by atoms with E-state index in [2.05, 4.69) is 21.2 Å². The number of benzene rings is 2. The number of anilines is 1. The second-order valence-electron chi connectivity index (χ2n) is 4.83. The molecule has 0 bridgehead atoms. The predicted octanol–water partition coefficient (Wildman–Crippen LogP) is 4.04. The summed E-state index contributed by atoms with van der Waals surface area (Å²) < 4.78 is 16.4. The highest BCUT2D eigenvalue weighted by Crippen LogP contribution is 2.36. The second-order valence-corrected chi connectivity index (χ2v) is 5.68. The predicted molar refractivity (Wildman–Crippen MR) is 92.9 cm³/mol. The molecule has 2 aromatic rings. The number of hydrogen-bond donors (Lipinski definition) is 1. The average molecular weight is 380 g/mol. The van der Waals surface area contributed by atoms with Gasteiger partial charge < -0.3 is 19.5 Å². The van der Waals surface area contributed by atoms with Crippen LogP contribution in [0.1, 0.15) is 15.9 Å². The Hall–Kier alpha value is -2.21. The molecule has 0 aromatic heterocycles. The lowest BCUT2D eigenvalue weighted by atomic mass is 10.1. The third-order valence-corrected chi connectivity index (χ3v) is 4.05. The Bertz CT molecular complexity index is 731. The fraction of sp³-hybridized carbons (Fsp3) is 0.235. The number of amides is 1. The van der Waals surface area contributed by atoms with E-state index in [0.717, 1.165) is 5.56 Å². The van der Waals surface area contributed by atoms with Gasteiger partial charge in [0.25, 0.3) is 5.91 Å². The number of ether oxygens (including phenoxy) is 3. The summed E-state index contributed by atoms with van der Waals surface area (Å²) in [6.07, 6.45) is 0. The average Bonchev–Trinajstić information content (AvgIpc) is 2.56. The van der Waals surface area contributed by atoms with E-state index in [1.165, 1.54) is 0 Å². The largest absolute Gasteiger partial charge is 0.496 e. The zero-order valence-corrected chi connectivity index (χ0v) is 15.0. The van der Waals surface area contributed by atoms with Crippen LogP contribution < -0.4 is 19.5 Å². The molecule has 23 heavy (non-hydrogen) atoms. The fourth-order valence-corrected chi connectivity index (χ4v) is 2.53. The van der Waals surface area contributed by atoms with Gasteiger partial charge in [0.05, 0.1) is 27.0 Å². The van der Waals surface area contributed by atoms with Gasteiger partial charge in [0.1, 0.15) is 5.75 Å². The van der Waals surface area contributed by atoms with Crippen molar-refractivity contribution >= 4 is 27.5 Å². The zero-order chi connectivity index (χ0) is 17.0. The molecule has 6 heteroatoms. The van der Waals surface area contributed by atoms with Crippen molar-refractivity contribution in [1.82, 2.24) is 0 Å². The Morgan fingerprint density at radius 1 is 0.957 bits per heavy atom. The van der Waals surface area contributed by atoms with Crippen LogP contribution in [0.3, 0.4) is 0 Å². The summed E-state index contributed by atoms with van der Waals surface area (Å²) in [4.78, 5) is 12.4. The Balaban J connectivity index is 2.30. The summed E-state index contributed by atoms with van der Waals surface area (Å²) in [6.45, 7) is 1.92. The molecule has 0 unspecified atom stereocenters. The molecule has 1 N–H and O–H groups in total. The first kappa shape index (κ1) is 17.1. The Morgan fingerprint density at radius 2 is 1.57 bits per heavy atom. The topological polar surface area (TPSA) is 56.8 Å². The van der Waals surface area contributed by atoms with Gasteiger partial charge in [-0.25, -0.2) is 0 Å². The molecule has 0 saturated heterocycles. The van der Waals surface area contributed by atoms with E-state index in [9.17, 15) is 4.79 Å². The van der Waals surface area contributed by atoms with E-state index < -0.39 is 0 Å². The quantitative estimate of drug-likeness (QED) is 0.851. The molecule has 0 aliphatic rings. The molecule has 0 radical (unpaired) electrons. The number of halogens is 1. The summed E-state index contributed by atoms with van der Waals surface area (Å²) in [5.41, 5.74) is 2.07. The first-order valence-electron chi connectivity index (χ1n) is 6.87. The molecule has 0 aliphatic carbocycles. The standard InChI is InChI=1S/C17H18BrNO4/c1-10-5-6-11(7-14(10)21-2)17(20)19-13-9-16(23-4)15(22-3)8-12(13)18/h5-9H,1-4H3,(H,19,20). The maximum absolute atomic E-state index is 12.4. The van der Waals surface area contributed by atoms with Crippen LogP contribution in [-0.2, 0) is 0 Å². The molecule has 2 aromatic carbocycles. The van der Waals surface area contributed by atoms with Gasteiger partial charge in [-0.15, -0.1) is 0 Å². The lowest BCUT2D eigenvalue weighted by Gasteiger charge is -2.13. The number of carbonyl (C=O) groups excluding carboxylic acids is 1. The molecular weight excluding hydrogens is 362 g/mol. The second kappa shape index (κ2) is 7.37. The van der Waals surface area contributed by atoms with Crippen LogP contribution in [0.4, 0.5) is 5.69 Å². The number of hydrogen-bond acceptors (Lipinski definition) is 4. The Labute approximate surface area is 143 Å². The molecule has 2 rings (SSSR count). The molecular formula is C17H18BrNO4. The van der Waals surface area contributed by atoms with Crippen molar-refractivity contribution in [3.63, 3.8) is 0 Å². The SMILES string of the molecule is COc1cc(C(=O)Nc2cc(OC)c(OC)cc2Br)ccc1C. The van der Waals surface area contributed by atoms with Crippen molar-refractivity contribution in [1.29, 1.82) is 0 Å².